The highest BCUT2D eigenvalue weighted by atomic mass is 16.5. The standard InChI is InChI=1S/C17H17N3O3/c1-23-14-6-4-13(5-7-14)20-16(21)9-15(17(20)22)19-11-12-3-2-8-18-10-12/h2-8,10,15,19H,9,11H2,1H3/p+1/t15-/m1/s1. The first-order valence-corrected chi connectivity index (χ1v) is 7.42. The third-order valence-electron chi connectivity index (χ3n) is 3.87. The van der Waals surface area contributed by atoms with Crippen LogP contribution in [0.15, 0.2) is 48.8 Å². The number of nitrogens with zero attached hydrogens (tertiary/aromatic N) is 2. The zero-order valence-corrected chi connectivity index (χ0v) is 12.8. The van der Waals surface area contributed by atoms with Crippen molar-refractivity contribution >= 4 is 17.5 Å². The number of ether oxygens (including phenoxy) is 1. The Bertz CT molecular complexity index is 701. The maximum Gasteiger partial charge on any atom is 0.292 e. The minimum atomic E-state index is -0.384. The average Bonchev–Trinajstić information content (AvgIpc) is 2.88. The minimum Gasteiger partial charge on any atom is -0.497 e. The van der Waals surface area contributed by atoms with E-state index in [-0.39, 0.29) is 24.3 Å². The lowest BCUT2D eigenvalue weighted by Gasteiger charge is -2.14. The van der Waals surface area contributed by atoms with E-state index in [4.69, 9.17) is 4.74 Å². The van der Waals surface area contributed by atoms with Crippen molar-refractivity contribution in [2.24, 2.45) is 0 Å². The maximum absolute atomic E-state index is 12.5. The van der Waals surface area contributed by atoms with Crippen LogP contribution in [0, 0.1) is 0 Å². The molecule has 2 heterocycles. The Hall–Kier alpha value is -2.73. The highest BCUT2D eigenvalue weighted by molar-refractivity contribution is 6.21. The van der Waals surface area contributed by atoms with Crippen molar-refractivity contribution < 1.29 is 19.6 Å². The molecule has 0 bridgehead atoms. The van der Waals surface area contributed by atoms with E-state index in [0.717, 1.165) is 5.56 Å². The Morgan fingerprint density at radius 1 is 1.26 bits per heavy atom. The van der Waals surface area contributed by atoms with Crippen LogP contribution in [0.4, 0.5) is 5.69 Å². The van der Waals surface area contributed by atoms with E-state index in [1.165, 1.54) is 4.90 Å². The minimum absolute atomic E-state index is 0.174. The number of nitrogens with two attached hydrogens (primary N) is 1. The van der Waals surface area contributed by atoms with Crippen molar-refractivity contribution in [2.45, 2.75) is 19.0 Å². The number of hydrogen-bond donors (Lipinski definition) is 1. The third kappa shape index (κ3) is 3.22. The van der Waals surface area contributed by atoms with Gasteiger partial charge in [0.25, 0.3) is 5.91 Å². The van der Waals surface area contributed by atoms with Gasteiger partial charge in [-0.25, -0.2) is 4.90 Å². The van der Waals surface area contributed by atoms with Crippen LogP contribution in [0.5, 0.6) is 5.75 Å². The third-order valence-corrected chi connectivity index (χ3v) is 3.87. The van der Waals surface area contributed by atoms with E-state index in [0.29, 0.717) is 18.0 Å². The number of quaternary nitrogens is 1. The summed E-state index contributed by atoms with van der Waals surface area (Å²) in [5.41, 5.74) is 1.61. The number of methoxy groups -OCH3 is 1. The van der Waals surface area contributed by atoms with Gasteiger partial charge < -0.3 is 10.1 Å². The first-order chi connectivity index (χ1) is 11.2. The first-order valence-electron chi connectivity index (χ1n) is 7.42. The van der Waals surface area contributed by atoms with E-state index < -0.39 is 0 Å². The Morgan fingerprint density at radius 2 is 2.04 bits per heavy atom. The lowest BCUT2D eigenvalue weighted by Crippen LogP contribution is -2.90. The summed E-state index contributed by atoms with van der Waals surface area (Å²) in [4.78, 5) is 30.0. The summed E-state index contributed by atoms with van der Waals surface area (Å²) in [6.07, 6.45) is 3.68. The Balaban J connectivity index is 1.69. The summed E-state index contributed by atoms with van der Waals surface area (Å²) < 4.78 is 5.09. The molecule has 2 N–H and O–H groups in total. The van der Waals surface area contributed by atoms with Crippen LogP contribution in [0.2, 0.25) is 0 Å². The fraction of sp³-hybridized carbons (Fsp3) is 0.235. The predicted octanol–water partition coefficient (Wildman–Crippen LogP) is 0.486. The normalized spacial score (nSPS) is 17.6. The van der Waals surface area contributed by atoms with Gasteiger partial charge >= 0.3 is 0 Å². The van der Waals surface area contributed by atoms with Crippen LogP contribution in [-0.2, 0) is 16.1 Å². The van der Waals surface area contributed by atoms with Crippen molar-refractivity contribution in [3.8, 4) is 5.75 Å². The van der Waals surface area contributed by atoms with Crippen LogP contribution < -0.4 is 15.0 Å². The lowest BCUT2D eigenvalue weighted by molar-refractivity contribution is -0.690. The number of hydrogen-bond acceptors (Lipinski definition) is 4. The molecule has 2 aromatic rings. The number of aromatic nitrogens is 1. The van der Waals surface area contributed by atoms with Gasteiger partial charge in [0.1, 0.15) is 12.3 Å². The fourth-order valence-electron chi connectivity index (χ4n) is 2.64. The molecule has 23 heavy (non-hydrogen) atoms. The second-order valence-corrected chi connectivity index (χ2v) is 5.38. The number of pyridine rings is 1. The summed E-state index contributed by atoms with van der Waals surface area (Å²) >= 11 is 0. The zero-order valence-electron chi connectivity index (χ0n) is 12.8. The molecule has 0 radical (unpaired) electrons. The molecule has 0 spiro atoms. The number of carbonyl (C=O) groups is 2. The van der Waals surface area contributed by atoms with Gasteiger partial charge in [0, 0.05) is 18.0 Å². The molecule has 0 unspecified atom stereocenters. The van der Waals surface area contributed by atoms with Crippen molar-refractivity contribution in [1.29, 1.82) is 0 Å². The number of amides is 2. The van der Waals surface area contributed by atoms with Crippen molar-refractivity contribution in [1.82, 2.24) is 4.98 Å². The Kier molecular flexibility index (Phi) is 4.34. The van der Waals surface area contributed by atoms with E-state index in [1.807, 2.05) is 17.4 Å². The summed E-state index contributed by atoms with van der Waals surface area (Å²) in [7, 11) is 1.57. The van der Waals surface area contributed by atoms with Crippen LogP contribution in [0.25, 0.3) is 0 Å². The largest absolute Gasteiger partial charge is 0.497 e. The molecule has 1 aliphatic rings. The molecule has 1 aromatic carbocycles. The summed E-state index contributed by atoms with van der Waals surface area (Å²) in [5.74, 6) is 0.337. The van der Waals surface area contributed by atoms with Gasteiger partial charge in [-0.1, -0.05) is 6.07 Å². The van der Waals surface area contributed by atoms with Crippen LogP contribution >= 0.6 is 0 Å². The number of benzene rings is 1. The number of rotatable bonds is 5. The van der Waals surface area contributed by atoms with Crippen LogP contribution in [-0.4, -0.2) is 29.9 Å². The molecule has 0 aliphatic carbocycles. The molecule has 2 amide bonds. The van der Waals surface area contributed by atoms with E-state index in [2.05, 4.69) is 4.98 Å². The molecule has 1 aromatic heterocycles. The second kappa shape index (κ2) is 6.58. The molecule has 1 aliphatic heterocycles. The molecule has 0 saturated carbocycles. The average molecular weight is 312 g/mol. The smallest absolute Gasteiger partial charge is 0.292 e. The van der Waals surface area contributed by atoms with Gasteiger partial charge in [0.15, 0.2) is 6.04 Å². The molecule has 118 valence electrons. The SMILES string of the molecule is COc1ccc(N2C(=O)C[C@@H]([NH2+]Cc3cccnc3)C2=O)cc1. The monoisotopic (exact) mass is 312 g/mol. The van der Waals surface area contributed by atoms with Gasteiger partial charge in [0.2, 0.25) is 5.91 Å². The molecule has 6 heteroatoms. The Morgan fingerprint density at radius 3 is 2.70 bits per heavy atom. The quantitative estimate of drug-likeness (QED) is 0.815. The second-order valence-electron chi connectivity index (χ2n) is 5.38. The van der Waals surface area contributed by atoms with Crippen LogP contribution in [0.1, 0.15) is 12.0 Å². The highest BCUT2D eigenvalue weighted by Crippen LogP contribution is 2.24. The lowest BCUT2D eigenvalue weighted by atomic mass is 10.2. The summed E-state index contributed by atoms with van der Waals surface area (Å²) in [6, 6.07) is 10.3. The number of anilines is 1. The van der Waals surface area contributed by atoms with E-state index in [9.17, 15) is 9.59 Å². The fourth-order valence-corrected chi connectivity index (χ4v) is 2.64. The molecule has 1 saturated heterocycles. The molecular weight excluding hydrogens is 294 g/mol. The molecule has 1 atom stereocenters. The number of carbonyl (C=O) groups excluding carboxylic acids is 2. The number of imide groups is 1. The first kappa shape index (κ1) is 15.2. The van der Waals surface area contributed by atoms with Crippen molar-refractivity contribution in [3.63, 3.8) is 0 Å². The van der Waals surface area contributed by atoms with E-state index >= 15 is 0 Å². The van der Waals surface area contributed by atoms with Gasteiger partial charge in [-0.3, -0.25) is 14.6 Å². The van der Waals surface area contributed by atoms with Crippen molar-refractivity contribution in [2.75, 3.05) is 12.0 Å². The highest BCUT2D eigenvalue weighted by Gasteiger charge is 2.42. The molecule has 1 fully saturated rings. The van der Waals surface area contributed by atoms with Gasteiger partial charge in [-0.15, -0.1) is 0 Å². The summed E-state index contributed by atoms with van der Waals surface area (Å²) in [5, 5.41) is 1.89. The van der Waals surface area contributed by atoms with E-state index in [1.54, 1.807) is 43.8 Å². The molecule has 6 nitrogen and oxygen atoms in total. The predicted molar refractivity (Wildman–Crippen MR) is 83.8 cm³/mol. The van der Waals surface area contributed by atoms with Crippen molar-refractivity contribution in [3.05, 3.63) is 54.4 Å². The van der Waals surface area contributed by atoms with Gasteiger partial charge in [-0.2, -0.15) is 0 Å². The zero-order chi connectivity index (χ0) is 16.2. The van der Waals surface area contributed by atoms with Crippen LogP contribution in [0.3, 0.4) is 0 Å². The topological polar surface area (TPSA) is 76.1 Å². The summed E-state index contributed by atoms with van der Waals surface area (Å²) in [6.45, 7) is 0.619. The maximum atomic E-state index is 12.5. The van der Waals surface area contributed by atoms with Gasteiger partial charge in [-0.05, 0) is 30.3 Å². The molecular formula is C17H18N3O3+. The molecule has 3 rings (SSSR count). The Labute approximate surface area is 134 Å². The van der Waals surface area contributed by atoms with Gasteiger partial charge in [0.05, 0.1) is 19.2 Å².